The van der Waals surface area contributed by atoms with E-state index in [1.165, 1.54) is 0 Å². The van der Waals surface area contributed by atoms with E-state index in [4.69, 9.17) is 23.2 Å². The van der Waals surface area contributed by atoms with Crippen molar-refractivity contribution in [1.82, 2.24) is 9.97 Å². The average Bonchev–Trinajstić information content (AvgIpc) is 2.69. The molecule has 0 aliphatic heterocycles. The van der Waals surface area contributed by atoms with E-state index in [1.54, 1.807) is 6.07 Å². The summed E-state index contributed by atoms with van der Waals surface area (Å²) in [5.74, 6) is 0.0423. The number of aromatic hydroxyl groups is 1. The molecule has 0 amide bonds. The Kier molecular flexibility index (Phi) is 5.44. The van der Waals surface area contributed by atoms with Crippen LogP contribution in [0.1, 0.15) is 34.1 Å². The van der Waals surface area contributed by atoms with Gasteiger partial charge in [0.05, 0.1) is 10.0 Å². The standard InChI is InChI=1S/C24H20Cl2N2O/c1-14-4-3-5-18(27-14)13-20(17-9-11-21(25)22(26)12-17)19-10-8-16-7-6-15(2)28-23(16)24(19)29/h3-12,20,29H,13H2,1-2H3. The molecule has 0 radical (unpaired) electrons. The second-order valence-electron chi connectivity index (χ2n) is 7.23. The molecule has 1 N–H and O–H groups in total. The van der Waals surface area contributed by atoms with Gasteiger partial charge in [-0.3, -0.25) is 4.98 Å². The second-order valence-corrected chi connectivity index (χ2v) is 8.04. The molecule has 146 valence electrons. The van der Waals surface area contributed by atoms with Gasteiger partial charge in [0.25, 0.3) is 0 Å². The highest BCUT2D eigenvalue weighted by Gasteiger charge is 2.22. The number of hydrogen-bond donors (Lipinski definition) is 1. The normalized spacial score (nSPS) is 12.3. The first-order valence-electron chi connectivity index (χ1n) is 9.39. The summed E-state index contributed by atoms with van der Waals surface area (Å²) in [7, 11) is 0. The average molecular weight is 423 g/mol. The van der Waals surface area contributed by atoms with E-state index < -0.39 is 0 Å². The van der Waals surface area contributed by atoms with Crippen molar-refractivity contribution < 1.29 is 5.11 Å². The third-order valence-corrected chi connectivity index (χ3v) is 5.83. The van der Waals surface area contributed by atoms with Crippen LogP contribution in [0.5, 0.6) is 5.75 Å². The summed E-state index contributed by atoms with van der Waals surface area (Å²) < 4.78 is 0. The van der Waals surface area contributed by atoms with Gasteiger partial charge in [0, 0.05) is 40.4 Å². The molecule has 3 nitrogen and oxygen atoms in total. The highest BCUT2D eigenvalue weighted by molar-refractivity contribution is 6.42. The summed E-state index contributed by atoms with van der Waals surface area (Å²) in [5.41, 5.74) is 5.11. The Hall–Kier alpha value is -2.62. The van der Waals surface area contributed by atoms with E-state index >= 15 is 0 Å². The van der Waals surface area contributed by atoms with Crippen molar-refractivity contribution in [3.63, 3.8) is 0 Å². The maximum atomic E-state index is 11.1. The molecule has 2 aromatic heterocycles. The van der Waals surface area contributed by atoms with Crippen LogP contribution in [0.15, 0.2) is 60.7 Å². The quantitative estimate of drug-likeness (QED) is 0.401. The van der Waals surface area contributed by atoms with Gasteiger partial charge in [-0.05, 0) is 49.7 Å². The highest BCUT2D eigenvalue weighted by atomic mass is 35.5. The number of fused-ring (bicyclic) bond motifs is 1. The predicted octanol–water partition coefficient (Wildman–Crippen LogP) is 6.63. The number of aromatic nitrogens is 2. The van der Waals surface area contributed by atoms with Gasteiger partial charge in [-0.15, -0.1) is 0 Å². The third kappa shape index (κ3) is 4.07. The molecule has 0 saturated heterocycles. The Bertz CT molecular complexity index is 1210. The number of benzene rings is 2. The van der Waals surface area contributed by atoms with Crippen LogP contribution in [0.2, 0.25) is 10.0 Å². The molecular weight excluding hydrogens is 403 g/mol. The molecule has 0 fully saturated rings. The van der Waals surface area contributed by atoms with Gasteiger partial charge in [0.1, 0.15) is 11.3 Å². The van der Waals surface area contributed by atoms with Crippen LogP contribution in [-0.4, -0.2) is 15.1 Å². The molecule has 0 saturated carbocycles. The fraction of sp³-hybridized carbons (Fsp3) is 0.167. The predicted molar refractivity (Wildman–Crippen MR) is 119 cm³/mol. The lowest BCUT2D eigenvalue weighted by atomic mass is 9.86. The lowest BCUT2D eigenvalue weighted by Crippen LogP contribution is -2.08. The summed E-state index contributed by atoms with van der Waals surface area (Å²) >= 11 is 12.4. The molecule has 0 bridgehead atoms. The van der Waals surface area contributed by atoms with Crippen LogP contribution in [0.25, 0.3) is 10.9 Å². The molecule has 0 aliphatic rings. The minimum atomic E-state index is -0.147. The molecule has 5 heteroatoms. The van der Waals surface area contributed by atoms with Crippen molar-refractivity contribution in [2.24, 2.45) is 0 Å². The van der Waals surface area contributed by atoms with Crippen molar-refractivity contribution in [3.8, 4) is 5.75 Å². The Morgan fingerprint density at radius 2 is 1.62 bits per heavy atom. The zero-order valence-electron chi connectivity index (χ0n) is 16.2. The maximum Gasteiger partial charge on any atom is 0.145 e. The number of aryl methyl sites for hydroxylation is 2. The molecule has 2 heterocycles. The molecule has 0 aliphatic carbocycles. The van der Waals surface area contributed by atoms with E-state index in [0.29, 0.717) is 22.0 Å². The van der Waals surface area contributed by atoms with Crippen molar-refractivity contribution in [3.05, 3.63) is 98.9 Å². The Morgan fingerprint density at radius 3 is 2.38 bits per heavy atom. The number of phenolic OH excluding ortho intramolecular Hbond substituents is 1. The molecule has 29 heavy (non-hydrogen) atoms. The van der Waals surface area contributed by atoms with Crippen LogP contribution in [0.3, 0.4) is 0 Å². The number of pyridine rings is 2. The van der Waals surface area contributed by atoms with Gasteiger partial charge in [-0.25, -0.2) is 4.98 Å². The third-order valence-electron chi connectivity index (χ3n) is 5.09. The van der Waals surface area contributed by atoms with Gasteiger partial charge >= 0.3 is 0 Å². The summed E-state index contributed by atoms with van der Waals surface area (Å²) in [4.78, 5) is 9.21. The Morgan fingerprint density at radius 1 is 0.862 bits per heavy atom. The lowest BCUT2D eigenvalue weighted by molar-refractivity contribution is 0.469. The zero-order chi connectivity index (χ0) is 20.5. The zero-order valence-corrected chi connectivity index (χ0v) is 17.7. The minimum absolute atomic E-state index is 0.147. The molecule has 0 spiro atoms. The second kappa shape index (κ2) is 8.02. The van der Waals surface area contributed by atoms with Crippen molar-refractivity contribution in [2.45, 2.75) is 26.2 Å². The lowest BCUT2D eigenvalue weighted by Gasteiger charge is -2.20. The van der Waals surface area contributed by atoms with Crippen LogP contribution in [-0.2, 0) is 6.42 Å². The smallest absolute Gasteiger partial charge is 0.145 e. The van der Waals surface area contributed by atoms with Crippen LogP contribution in [0.4, 0.5) is 0 Å². The maximum absolute atomic E-state index is 11.1. The molecule has 4 rings (SSSR count). The first-order chi connectivity index (χ1) is 13.9. The van der Waals surface area contributed by atoms with E-state index in [-0.39, 0.29) is 11.7 Å². The number of halogens is 2. The summed E-state index contributed by atoms with van der Waals surface area (Å²) in [6.07, 6.45) is 0.616. The van der Waals surface area contributed by atoms with E-state index in [2.05, 4.69) is 9.97 Å². The van der Waals surface area contributed by atoms with Gasteiger partial charge in [-0.2, -0.15) is 0 Å². The van der Waals surface area contributed by atoms with E-state index in [1.807, 2.05) is 68.4 Å². The van der Waals surface area contributed by atoms with Crippen LogP contribution in [0, 0.1) is 13.8 Å². The molecule has 1 atom stereocenters. The first-order valence-corrected chi connectivity index (χ1v) is 10.1. The summed E-state index contributed by atoms with van der Waals surface area (Å²) in [6, 6.07) is 19.4. The Balaban J connectivity index is 1.88. The fourth-order valence-corrected chi connectivity index (χ4v) is 3.93. The van der Waals surface area contributed by atoms with Gasteiger partial charge in [0.2, 0.25) is 0 Å². The van der Waals surface area contributed by atoms with Crippen molar-refractivity contribution in [2.75, 3.05) is 0 Å². The van der Waals surface area contributed by atoms with Gasteiger partial charge in [0.15, 0.2) is 0 Å². The monoisotopic (exact) mass is 422 g/mol. The summed E-state index contributed by atoms with van der Waals surface area (Å²) in [5, 5.41) is 13.0. The molecule has 2 aromatic carbocycles. The van der Waals surface area contributed by atoms with E-state index in [9.17, 15) is 5.11 Å². The summed E-state index contributed by atoms with van der Waals surface area (Å²) in [6.45, 7) is 3.89. The van der Waals surface area contributed by atoms with Gasteiger partial charge < -0.3 is 5.11 Å². The molecular formula is C24H20Cl2N2O. The number of phenols is 1. The first kappa shape index (κ1) is 19.7. The van der Waals surface area contributed by atoms with E-state index in [0.717, 1.165) is 33.6 Å². The highest BCUT2D eigenvalue weighted by Crippen LogP contribution is 2.39. The van der Waals surface area contributed by atoms with Crippen LogP contribution < -0.4 is 0 Å². The Labute approximate surface area is 180 Å². The number of rotatable bonds is 4. The largest absolute Gasteiger partial charge is 0.505 e. The number of hydrogen-bond acceptors (Lipinski definition) is 3. The SMILES string of the molecule is Cc1cccc(CC(c2ccc(Cl)c(Cl)c2)c2ccc3ccc(C)nc3c2O)n1. The molecule has 4 aromatic rings. The minimum Gasteiger partial charge on any atom is -0.505 e. The fourth-order valence-electron chi connectivity index (χ4n) is 3.63. The topological polar surface area (TPSA) is 46.0 Å². The molecule has 1 unspecified atom stereocenters. The van der Waals surface area contributed by atoms with Crippen molar-refractivity contribution in [1.29, 1.82) is 0 Å². The van der Waals surface area contributed by atoms with Crippen molar-refractivity contribution >= 4 is 34.1 Å². The van der Waals surface area contributed by atoms with Crippen LogP contribution >= 0.6 is 23.2 Å². The number of nitrogens with zero attached hydrogens (tertiary/aromatic N) is 2. The van der Waals surface area contributed by atoms with Gasteiger partial charge in [-0.1, -0.05) is 53.5 Å².